The molecule has 0 radical (unpaired) electrons. The van der Waals surface area contributed by atoms with Gasteiger partial charge in [0.1, 0.15) is 5.75 Å². The Hall–Kier alpha value is -3.21. The summed E-state index contributed by atoms with van der Waals surface area (Å²) in [6.07, 6.45) is 4.22. The van der Waals surface area contributed by atoms with E-state index < -0.39 is 5.82 Å². The zero-order valence-electron chi connectivity index (χ0n) is 16.0. The van der Waals surface area contributed by atoms with Gasteiger partial charge in [-0.2, -0.15) is 0 Å². The fourth-order valence-electron chi connectivity index (χ4n) is 2.94. The summed E-state index contributed by atoms with van der Waals surface area (Å²) in [5, 5.41) is 2.84. The van der Waals surface area contributed by atoms with Crippen LogP contribution in [-0.2, 0) is 17.8 Å². The Morgan fingerprint density at radius 3 is 2.71 bits per heavy atom. The number of aryl methyl sites for hydroxylation is 3. The molecule has 1 amide bonds. The Morgan fingerprint density at radius 2 is 2.00 bits per heavy atom. The molecule has 0 saturated heterocycles. The molecular formula is C23H23FN2O2. The van der Waals surface area contributed by atoms with Crippen LogP contribution in [0.25, 0.3) is 0 Å². The van der Waals surface area contributed by atoms with Crippen molar-refractivity contribution in [1.82, 2.24) is 10.3 Å². The molecular weight excluding hydrogens is 355 g/mol. The number of hydrogen-bond acceptors (Lipinski definition) is 3. The van der Waals surface area contributed by atoms with Gasteiger partial charge in [-0.3, -0.25) is 9.78 Å². The summed E-state index contributed by atoms with van der Waals surface area (Å²) in [7, 11) is 0. The predicted molar refractivity (Wildman–Crippen MR) is 107 cm³/mol. The minimum atomic E-state index is -0.481. The number of nitrogens with one attached hydrogen (secondary N) is 1. The molecule has 0 aliphatic carbocycles. The third-order valence-corrected chi connectivity index (χ3v) is 4.47. The van der Waals surface area contributed by atoms with Crippen LogP contribution in [0.1, 0.15) is 28.7 Å². The van der Waals surface area contributed by atoms with Crippen LogP contribution >= 0.6 is 0 Å². The molecule has 3 rings (SSSR count). The highest BCUT2D eigenvalue weighted by atomic mass is 19.1. The van der Waals surface area contributed by atoms with Crippen LogP contribution in [0.2, 0.25) is 0 Å². The number of benzene rings is 2. The molecule has 1 heterocycles. The molecule has 0 aliphatic rings. The minimum Gasteiger partial charge on any atom is -0.453 e. The Labute approximate surface area is 164 Å². The van der Waals surface area contributed by atoms with Gasteiger partial charge in [0.05, 0.1) is 6.20 Å². The van der Waals surface area contributed by atoms with E-state index in [2.05, 4.69) is 42.3 Å². The summed E-state index contributed by atoms with van der Waals surface area (Å²) >= 11 is 0. The molecule has 1 N–H and O–H groups in total. The molecule has 1 aromatic heterocycles. The van der Waals surface area contributed by atoms with E-state index in [9.17, 15) is 9.18 Å². The summed E-state index contributed by atoms with van der Waals surface area (Å²) in [5.41, 5.74) is 4.25. The van der Waals surface area contributed by atoms with E-state index in [0.717, 1.165) is 0 Å². The Balaban J connectivity index is 1.51. The highest BCUT2D eigenvalue weighted by Gasteiger charge is 2.08. The standard InChI is InChI=1S/C23H23FN2O2/c1-16-5-7-19(17(2)12-16)8-10-23(27)26-14-18-6-9-22(21(24)13-18)28-20-4-3-11-25-15-20/h3-7,9,11-13,15H,8,10,14H2,1-2H3,(H,26,27). The van der Waals surface area contributed by atoms with Gasteiger partial charge in [0.2, 0.25) is 5.91 Å². The lowest BCUT2D eigenvalue weighted by Gasteiger charge is -2.10. The fraction of sp³-hybridized carbons (Fsp3) is 0.217. The lowest BCUT2D eigenvalue weighted by molar-refractivity contribution is -0.121. The second kappa shape index (κ2) is 9.13. The fourth-order valence-corrected chi connectivity index (χ4v) is 2.94. The van der Waals surface area contributed by atoms with E-state index in [-0.39, 0.29) is 18.2 Å². The summed E-state index contributed by atoms with van der Waals surface area (Å²) in [6, 6.07) is 14.3. The van der Waals surface area contributed by atoms with Crippen molar-refractivity contribution in [3.63, 3.8) is 0 Å². The molecule has 0 fully saturated rings. The van der Waals surface area contributed by atoms with E-state index in [4.69, 9.17) is 4.74 Å². The van der Waals surface area contributed by atoms with Crippen LogP contribution in [0.15, 0.2) is 60.9 Å². The zero-order valence-corrected chi connectivity index (χ0v) is 16.0. The monoisotopic (exact) mass is 378 g/mol. The summed E-state index contributed by atoms with van der Waals surface area (Å²) < 4.78 is 19.7. The van der Waals surface area contributed by atoms with Gasteiger partial charge in [0.15, 0.2) is 11.6 Å². The number of nitrogens with zero attached hydrogens (tertiary/aromatic N) is 1. The molecule has 5 heteroatoms. The lowest BCUT2D eigenvalue weighted by Crippen LogP contribution is -2.23. The second-order valence-corrected chi connectivity index (χ2v) is 6.76. The van der Waals surface area contributed by atoms with Gasteiger partial charge in [-0.05, 0) is 61.2 Å². The number of ether oxygens (including phenoxy) is 1. The molecule has 2 aromatic carbocycles. The van der Waals surface area contributed by atoms with Gasteiger partial charge in [-0.15, -0.1) is 0 Å². The number of halogens is 1. The van der Waals surface area contributed by atoms with Gasteiger partial charge < -0.3 is 10.1 Å². The first-order chi connectivity index (χ1) is 13.5. The van der Waals surface area contributed by atoms with Crippen molar-refractivity contribution in [3.8, 4) is 11.5 Å². The van der Waals surface area contributed by atoms with Crippen LogP contribution in [-0.4, -0.2) is 10.9 Å². The average Bonchev–Trinajstić information content (AvgIpc) is 2.68. The second-order valence-electron chi connectivity index (χ2n) is 6.76. The maximum atomic E-state index is 14.2. The lowest BCUT2D eigenvalue weighted by atomic mass is 10.0. The van der Waals surface area contributed by atoms with Gasteiger partial charge in [-0.1, -0.05) is 29.8 Å². The Kier molecular flexibility index (Phi) is 6.37. The molecule has 0 bridgehead atoms. The maximum Gasteiger partial charge on any atom is 0.220 e. The maximum absolute atomic E-state index is 14.2. The SMILES string of the molecule is Cc1ccc(CCC(=O)NCc2ccc(Oc3cccnc3)c(F)c2)c(C)c1. The molecule has 0 saturated carbocycles. The summed E-state index contributed by atoms with van der Waals surface area (Å²) in [5.74, 6) is 0.0497. The normalized spacial score (nSPS) is 10.5. The Bertz CT molecular complexity index is 958. The van der Waals surface area contributed by atoms with Crippen LogP contribution in [0, 0.1) is 19.7 Å². The third kappa shape index (κ3) is 5.39. The smallest absolute Gasteiger partial charge is 0.220 e. The van der Waals surface area contributed by atoms with Crippen LogP contribution in [0.3, 0.4) is 0 Å². The van der Waals surface area contributed by atoms with Crippen molar-refractivity contribution in [2.75, 3.05) is 0 Å². The number of carbonyl (C=O) groups is 1. The van der Waals surface area contributed by atoms with Crippen LogP contribution in [0.5, 0.6) is 11.5 Å². The quantitative estimate of drug-likeness (QED) is 0.638. The van der Waals surface area contributed by atoms with E-state index in [1.165, 1.54) is 29.0 Å². The van der Waals surface area contributed by atoms with Gasteiger partial charge in [0, 0.05) is 19.2 Å². The van der Waals surface area contributed by atoms with Gasteiger partial charge in [-0.25, -0.2) is 4.39 Å². The first kappa shape index (κ1) is 19.5. The zero-order chi connectivity index (χ0) is 19.9. The largest absolute Gasteiger partial charge is 0.453 e. The topological polar surface area (TPSA) is 51.2 Å². The Morgan fingerprint density at radius 1 is 1.14 bits per heavy atom. The van der Waals surface area contributed by atoms with Crippen molar-refractivity contribution in [3.05, 3.63) is 89.0 Å². The van der Waals surface area contributed by atoms with E-state index >= 15 is 0 Å². The number of hydrogen-bond donors (Lipinski definition) is 1. The van der Waals surface area contributed by atoms with E-state index in [1.807, 2.05) is 0 Å². The highest BCUT2D eigenvalue weighted by Crippen LogP contribution is 2.24. The average molecular weight is 378 g/mol. The molecule has 4 nitrogen and oxygen atoms in total. The van der Waals surface area contributed by atoms with Crippen molar-refractivity contribution < 1.29 is 13.9 Å². The molecule has 144 valence electrons. The van der Waals surface area contributed by atoms with Crippen LogP contribution in [0.4, 0.5) is 4.39 Å². The van der Waals surface area contributed by atoms with E-state index in [1.54, 1.807) is 30.5 Å². The number of rotatable bonds is 7. The van der Waals surface area contributed by atoms with Crippen molar-refractivity contribution in [2.24, 2.45) is 0 Å². The molecule has 0 atom stereocenters. The number of amides is 1. The van der Waals surface area contributed by atoms with Gasteiger partial charge in [0.25, 0.3) is 0 Å². The van der Waals surface area contributed by atoms with Crippen molar-refractivity contribution in [2.45, 2.75) is 33.2 Å². The summed E-state index contributed by atoms with van der Waals surface area (Å²) in [6.45, 7) is 4.38. The number of aromatic nitrogens is 1. The first-order valence-corrected chi connectivity index (χ1v) is 9.20. The molecule has 0 spiro atoms. The molecule has 0 aliphatic heterocycles. The van der Waals surface area contributed by atoms with Gasteiger partial charge >= 0.3 is 0 Å². The highest BCUT2D eigenvalue weighted by molar-refractivity contribution is 5.76. The molecule has 28 heavy (non-hydrogen) atoms. The number of carbonyl (C=O) groups excluding carboxylic acids is 1. The number of pyridine rings is 1. The third-order valence-electron chi connectivity index (χ3n) is 4.47. The van der Waals surface area contributed by atoms with Crippen molar-refractivity contribution in [1.29, 1.82) is 0 Å². The summed E-state index contributed by atoms with van der Waals surface area (Å²) in [4.78, 5) is 16.1. The molecule has 3 aromatic rings. The first-order valence-electron chi connectivity index (χ1n) is 9.20. The minimum absolute atomic E-state index is 0.0592. The molecule has 0 unspecified atom stereocenters. The predicted octanol–water partition coefficient (Wildman–Crippen LogP) is 4.88. The van der Waals surface area contributed by atoms with Crippen molar-refractivity contribution >= 4 is 5.91 Å². The van der Waals surface area contributed by atoms with Crippen LogP contribution < -0.4 is 10.1 Å². The van der Waals surface area contributed by atoms with E-state index in [0.29, 0.717) is 24.2 Å².